The van der Waals surface area contributed by atoms with Gasteiger partial charge in [-0.2, -0.15) is 0 Å². The standard InChI is InChI=1S/C18H25N3O3/c1-11-12(2)18(23)21-16-8-13(5-6-15(11)16)20-17(22)10-24-14-4-3-7-19-9-14/h3-4,7,9,11-13,15-16H,5-6,8,10H2,1-2H3,(H,20,22)(H,21,23). The normalized spacial score (nSPS) is 32.4. The molecule has 0 spiro atoms. The first kappa shape index (κ1) is 16.7. The minimum Gasteiger partial charge on any atom is -0.482 e. The van der Waals surface area contributed by atoms with Gasteiger partial charge in [-0.3, -0.25) is 14.6 Å². The predicted octanol–water partition coefficient (Wildman–Crippen LogP) is 1.52. The van der Waals surface area contributed by atoms with Crippen LogP contribution in [-0.4, -0.2) is 35.5 Å². The van der Waals surface area contributed by atoms with E-state index in [1.165, 1.54) is 0 Å². The van der Waals surface area contributed by atoms with Crippen LogP contribution in [-0.2, 0) is 9.59 Å². The lowest BCUT2D eigenvalue weighted by Crippen LogP contribution is -2.57. The maximum atomic E-state index is 12.1. The molecule has 2 fully saturated rings. The molecule has 5 unspecified atom stereocenters. The molecule has 1 saturated carbocycles. The van der Waals surface area contributed by atoms with Crippen LogP contribution in [0.1, 0.15) is 33.1 Å². The van der Waals surface area contributed by atoms with Gasteiger partial charge < -0.3 is 15.4 Å². The molecule has 130 valence electrons. The van der Waals surface area contributed by atoms with E-state index in [1.807, 2.05) is 6.92 Å². The van der Waals surface area contributed by atoms with Gasteiger partial charge in [0.1, 0.15) is 5.75 Å². The van der Waals surface area contributed by atoms with Gasteiger partial charge in [-0.1, -0.05) is 13.8 Å². The van der Waals surface area contributed by atoms with E-state index in [1.54, 1.807) is 24.5 Å². The van der Waals surface area contributed by atoms with Gasteiger partial charge in [0.2, 0.25) is 5.91 Å². The first-order chi connectivity index (χ1) is 11.5. The van der Waals surface area contributed by atoms with Crippen LogP contribution in [0.5, 0.6) is 5.75 Å². The van der Waals surface area contributed by atoms with Gasteiger partial charge in [0.05, 0.1) is 6.20 Å². The van der Waals surface area contributed by atoms with Gasteiger partial charge in [0, 0.05) is 24.2 Å². The lowest BCUT2D eigenvalue weighted by atomic mass is 9.68. The molecule has 1 aliphatic carbocycles. The number of carbonyl (C=O) groups is 2. The predicted molar refractivity (Wildman–Crippen MR) is 89.3 cm³/mol. The van der Waals surface area contributed by atoms with Crippen molar-refractivity contribution in [1.29, 1.82) is 0 Å². The van der Waals surface area contributed by atoms with Crippen molar-refractivity contribution >= 4 is 11.8 Å². The van der Waals surface area contributed by atoms with Gasteiger partial charge >= 0.3 is 0 Å². The second kappa shape index (κ2) is 7.20. The number of fused-ring (bicyclic) bond motifs is 1. The average Bonchev–Trinajstić information content (AvgIpc) is 2.59. The minimum absolute atomic E-state index is 0.0178. The summed E-state index contributed by atoms with van der Waals surface area (Å²) in [5, 5.41) is 6.16. The number of hydrogen-bond donors (Lipinski definition) is 2. The monoisotopic (exact) mass is 331 g/mol. The van der Waals surface area contributed by atoms with Crippen molar-refractivity contribution in [3.05, 3.63) is 24.5 Å². The van der Waals surface area contributed by atoms with Crippen LogP contribution in [0.2, 0.25) is 0 Å². The largest absolute Gasteiger partial charge is 0.482 e. The molecule has 2 N–H and O–H groups in total. The van der Waals surface area contributed by atoms with Gasteiger partial charge in [-0.25, -0.2) is 0 Å². The zero-order valence-corrected chi connectivity index (χ0v) is 14.2. The molecule has 6 heteroatoms. The summed E-state index contributed by atoms with van der Waals surface area (Å²) < 4.78 is 5.42. The fourth-order valence-electron chi connectivity index (χ4n) is 3.89. The fraction of sp³-hybridized carbons (Fsp3) is 0.611. The van der Waals surface area contributed by atoms with E-state index in [4.69, 9.17) is 4.74 Å². The Kier molecular flexibility index (Phi) is 5.02. The first-order valence-corrected chi connectivity index (χ1v) is 8.67. The Labute approximate surface area is 142 Å². The van der Waals surface area contributed by atoms with Crippen LogP contribution in [0.4, 0.5) is 0 Å². The summed E-state index contributed by atoms with van der Waals surface area (Å²) in [5.41, 5.74) is 0. The molecule has 2 heterocycles. The van der Waals surface area contributed by atoms with E-state index in [-0.39, 0.29) is 36.4 Å². The van der Waals surface area contributed by atoms with Crippen LogP contribution in [0.3, 0.4) is 0 Å². The molecule has 1 aromatic rings. The van der Waals surface area contributed by atoms with E-state index in [0.29, 0.717) is 17.6 Å². The highest BCUT2D eigenvalue weighted by atomic mass is 16.5. The summed E-state index contributed by atoms with van der Waals surface area (Å²) in [6, 6.07) is 3.80. The third-order valence-corrected chi connectivity index (χ3v) is 5.48. The van der Waals surface area contributed by atoms with E-state index in [2.05, 4.69) is 22.5 Å². The van der Waals surface area contributed by atoms with E-state index < -0.39 is 0 Å². The topological polar surface area (TPSA) is 80.3 Å². The molecule has 0 aromatic carbocycles. The van der Waals surface area contributed by atoms with Gasteiger partial charge in [0.15, 0.2) is 6.61 Å². The van der Waals surface area contributed by atoms with Crippen molar-refractivity contribution in [1.82, 2.24) is 15.6 Å². The average molecular weight is 331 g/mol. The maximum Gasteiger partial charge on any atom is 0.258 e. The Morgan fingerprint density at radius 1 is 1.42 bits per heavy atom. The van der Waals surface area contributed by atoms with E-state index in [9.17, 15) is 9.59 Å². The minimum atomic E-state index is -0.133. The zero-order valence-electron chi connectivity index (χ0n) is 14.2. The summed E-state index contributed by atoms with van der Waals surface area (Å²) in [6.07, 6.45) is 6.02. The van der Waals surface area contributed by atoms with Gasteiger partial charge in [0.25, 0.3) is 5.91 Å². The number of rotatable bonds is 4. The molecule has 24 heavy (non-hydrogen) atoms. The first-order valence-electron chi connectivity index (χ1n) is 8.67. The number of aromatic nitrogens is 1. The molecule has 2 amide bonds. The molecule has 1 aromatic heterocycles. The molecule has 1 saturated heterocycles. The van der Waals surface area contributed by atoms with E-state index >= 15 is 0 Å². The Morgan fingerprint density at radius 3 is 3.00 bits per heavy atom. The highest BCUT2D eigenvalue weighted by Gasteiger charge is 2.42. The van der Waals surface area contributed by atoms with Crippen LogP contribution in [0.15, 0.2) is 24.5 Å². The zero-order chi connectivity index (χ0) is 17.1. The van der Waals surface area contributed by atoms with Crippen molar-refractivity contribution in [2.75, 3.05) is 6.61 Å². The number of nitrogens with one attached hydrogen (secondary N) is 2. The van der Waals surface area contributed by atoms with Crippen molar-refractivity contribution in [2.24, 2.45) is 17.8 Å². The Balaban J connectivity index is 1.49. The lowest BCUT2D eigenvalue weighted by Gasteiger charge is -2.45. The number of carbonyl (C=O) groups excluding carboxylic acids is 2. The number of pyridine rings is 1. The maximum absolute atomic E-state index is 12.1. The molecular formula is C18H25N3O3. The van der Waals surface area contributed by atoms with Crippen LogP contribution < -0.4 is 15.4 Å². The second-order valence-corrected chi connectivity index (χ2v) is 6.98. The van der Waals surface area contributed by atoms with Crippen molar-refractivity contribution in [3.63, 3.8) is 0 Å². The van der Waals surface area contributed by atoms with Gasteiger partial charge in [-0.15, -0.1) is 0 Å². The molecule has 5 atom stereocenters. The summed E-state index contributed by atoms with van der Waals surface area (Å²) in [7, 11) is 0. The summed E-state index contributed by atoms with van der Waals surface area (Å²) in [4.78, 5) is 28.1. The van der Waals surface area contributed by atoms with Crippen molar-refractivity contribution in [3.8, 4) is 5.75 Å². The molecule has 6 nitrogen and oxygen atoms in total. The molecule has 1 aliphatic heterocycles. The lowest BCUT2D eigenvalue weighted by molar-refractivity contribution is -0.132. The number of hydrogen-bond acceptors (Lipinski definition) is 4. The summed E-state index contributed by atoms with van der Waals surface area (Å²) in [6.45, 7) is 4.15. The summed E-state index contributed by atoms with van der Waals surface area (Å²) >= 11 is 0. The number of nitrogens with zero attached hydrogens (tertiary/aromatic N) is 1. The second-order valence-electron chi connectivity index (χ2n) is 6.98. The van der Waals surface area contributed by atoms with Crippen molar-refractivity contribution in [2.45, 2.75) is 45.2 Å². The van der Waals surface area contributed by atoms with E-state index in [0.717, 1.165) is 19.3 Å². The number of ether oxygens (including phenoxy) is 1. The Bertz CT molecular complexity index is 592. The summed E-state index contributed by atoms with van der Waals surface area (Å²) in [5.74, 6) is 1.57. The third kappa shape index (κ3) is 3.68. The van der Waals surface area contributed by atoms with Crippen LogP contribution in [0, 0.1) is 17.8 Å². The SMILES string of the molecule is CC1C(=O)NC2CC(NC(=O)COc3cccnc3)CCC2C1C. The molecule has 3 rings (SSSR count). The third-order valence-electron chi connectivity index (χ3n) is 5.48. The smallest absolute Gasteiger partial charge is 0.258 e. The number of amides is 2. The highest BCUT2D eigenvalue weighted by molar-refractivity contribution is 5.80. The molecule has 0 radical (unpaired) electrons. The molecule has 2 aliphatic rings. The Hall–Kier alpha value is -2.11. The molecular weight excluding hydrogens is 306 g/mol. The fourth-order valence-corrected chi connectivity index (χ4v) is 3.89. The number of piperidine rings is 1. The molecule has 0 bridgehead atoms. The van der Waals surface area contributed by atoms with Crippen molar-refractivity contribution < 1.29 is 14.3 Å². The van der Waals surface area contributed by atoms with Crippen LogP contribution >= 0.6 is 0 Å². The van der Waals surface area contributed by atoms with Crippen LogP contribution in [0.25, 0.3) is 0 Å². The Morgan fingerprint density at radius 2 is 2.25 bits per heavy atom. The van der Waals surface area contributed by atoms with Gasteiger partial charge in [-0.05, 0) is 43.2 Å². The quantitative estimate of drug-likeness (QED) is 0.876. The highest BCUT2D eigenvalue weighted by Crippen LogP contribution is 2.37.